The summed E-state index contributed by atoms with van der Waals surface area (Å²) in [6.07, 6.45) is -0.190. The number of carbonyl (C=O) groups is 3. The van der Waals surface area contributed by atoms with Crippen molar-refractivity contribution in [2.45, 2.75) is 31.6 Å². The third kappa shape index (κ3) is 2.86. The molecule has 0 radical (unpaired) electrons. The minimum atomic E-state index is -2.33. The van der Waals surface area contributed by atoms with Gasteiger partial charge in [0.2, 0.25) is 5.91 Å². The molecule has 0 saturated carbocycles. The van der Waals surface area contributed by atoms with Gasteiger partial charge in [-0.05, 0) is 6.42 Å². The van der Waals surface area contributed by atoms with Crippen LogP contribution in [-0.2, 0) is 23.9 Å². The molecule has 1 aliphatic rings. The van der Waals surface area contributed by atoms with Gasteiger partial charge in [-0.25, -0.2) is 9.59 Å². The van der Waals surface area contributed by atoms with Crippen molar-refractivity contribution >= 4 is 17.8 Å². The molecule has 1 saturated heterocycles. The highest BCUT2D eigenvalue weighted by Crippen LogP contribution is 2.23. The highest BCUT2D eigenvalue weighted by atomic mass is 16.6. The number of nitrogens with one attached hydrogen (secondary N) is 1. The van der Waals surface area contributed by atoms with Gasteiger partial charge in [0.15, 0.2) is 6.10 Å². The van der Waals surface area contributed by atoms with E-state index in [9.17, 15) is 19.5 Å². The second-order valence-electron chi connectivity index (χ2n) is 3.78. The van der Waals surface area contributed by atoms with E-state index >= 15 is 0 Å². The Bertz CT molecular complexity index is 380. The first-order valence-electron chi connectivity index (χ1n) is 5.47. The van der Waals surface area contributed by atoms with Crippen LogP contribution < -0.4 is 5.32 Å². The number of aliphatic hydroxyl groups is 1. The lowest BCUT2D eigenvalue weighted by atomic mass is 10.1. The molecular formula is C11H15NO6. The fourth-order valence-electron chi connectivity index (χ4n) is 1.46. The summed E-state index contributed by atoms with van der Waals surface area (Å²) in [5.41, 5.74) is -2.33. The Morgan fingerprint density at radius 2 is 2.33 bits per heavy atom. The van der Waals surface area contributed by atoms with Crippen LogP contribution >= 0.6 is 0 Å². The van der Waals surface area contributed by atoms with Crippen molar-refractivity contribution in [1.82, 2.24) is 5.32 Å². The Hall–Kier alpha value is -1.89. The smallest absolute Gasteiger partial charge is 0.363 e. The molecule has 0 aromatic rings. The van der Waals surface area contributed by atoms with E-state index < -0.39 is 29.7 Å². The van der Waals surface area contributed by atoms with Crippen LogP contribution in [0.15, 0.2) is 12.7 Å². The average Bonchev–Trinajstić information content (AvgIpc) is 2.62. The maximum absolute atomic E-state index is 11.6. The van der Waals surface area contributed by atoms with Gasteiger partial charge >= 0.3 is 11.9 Å². The van der Waals surface area contributed by atoms with Gasteiger partial charge in [-0.15, -0.1) is 0 Å². The fraction of sp³-hybridized carbons (Fsp3) is 0.545. The number of esters is 2. The second kappa shape index (κ2) is 5.63. The summed E-state index contributed by atoms with van der Waals surface area (Å²) in [7, 11) is 0. The van der Waals surface area contributed by atoms with Crippen LogP contribution in [0.1, 0.15) is 19.8 Å². The van der Waals surface area contributed by atoms with Crippen molar-refractivity contribution in [2.24, 2.45) is 0 Å². The minimum Gasteiger partial charge on any atom is -0.462 e. The molecule has 1 amide bonds. The molecule has 1 fully saturated rings. The van der Waals surface area contributed by atoms with Crippen LogP contribution in [0.2, 0.25) is 0 Å². The Labute approximate surface area is 104 Å². The van der Waals surface area contributed by atoms with Crippen LogP contribution in [0.5, 0.6) is 0 Å². The second-order valence-corrected chi connectivity index (χ2v) is 3.78. The zero-order valence-electron chi connectivity index (χ0n) is 9.97. The van der Waals surface area contributed by atoms with Crippen molar-refractivity contribution in [3.63, 3.8) is 0 Å². The Morgan fingerprint density at radius 1 is 1.67 bits per heavy atom. The predicted octanol–water partition coefficient (Wildman–Crippen LogP) is -0.754. The van der Waals surface area contributed by atoms with Gasteiger partial charge in [-0.1, -0.05) is 13.5 Å². The van der Waals surface area contributed by atoms with E-state index in [0.29, 0.717) is 6.42 Å². The number of ether oxygens (including phenoxy) is 2. The van der Waals surface area contributed by atoms with Gasteiger partial charge in [-0.3, -0.25) is 4.79 Å². The Morgan fingerprint density at radius 3 is 2.89 bits per heavy atom. The van der Waals surface area contributed by atoms with Crippen molar-refractivity contribution in [1.29, 1.82) is 0 Å². The van der Waals surface area contributed by atoms with Gasteiger partial charge in [0.1, 0.15) is 0 Å². The van der Waals surface area contributed by atoms with Gasteiger partial charge in [-0.2, -0.15) is 0 Å². The number of hydrogen-bond donors (Lipinski definition) is 2. The maximum Gasteiger partial charge on any atom is 0.363 e. The first kappa shape index (κ1) is 14.2. The van der Waals surface area contributed by atoms with Crippen LogP contribution in [0.25, 0.3) is 0 Å². The molecule has 0 spiro atoms. The van der Waals surface area contributed by atoms with E-state index in [0.717, 1.165) is 6.08 Å². The van der Waals surface area contributed by atoms with Crippen LogP contribution in [0, 0.1) is 0 Å². The predicted molar refractivity (Wildman–Crippen MR) is 59.0 cm³/mol. The third-order valence-electron chi connectivity index (χ3n) is 2.34. The molecule has 2 atom stereocenters. The molecule has 0 bridgehead atoms. The van der Waals surface area contributed by atoms with Crippen molar-refractivity contribution in [3.05, 3.63) is 12.7 Å². The molecule has 1 unspecified atom stereocenters. The Kier molecular flexibility index (Phi) is 4.43. The van der Waals surface area contributed by atoms with Crippen LogP contribution in [0.3, 0.4) is 0 Å². The molecule has 100 valence electrons. The summed E-state index contributed by atoms with van der Waals surface area (Å²) in [5, 5.41) is 12.1. The van der Waals surface area contributed by atoms with Crippen LogP contribution in [-0.4, -0.2) is 41.4 Å². The van der Waals surface area contributed by atoms with E-state index in [1.807, 2.05) is 5.32 Å². The maximum atomic E-state index is 11.6. The fourth-order valence-corrected chi connectivity index (χ4v) is 1.46. The summed E-state index contributed by atoms with van der Waals surface area (Å²) < 4.78 is 9.51. The monoisotopic (exact) mass is 257 g/mol. The van der Waals surface area contributed by atoms with Crippen molar-refractivity contribution in [3.8, 4) is 0 Å². The lowest BCUT2D eigenvalue weighted by Crippen LogP contribution is -2.57. The summed E-state index contributed by atoms with van der Waals surface area (Å²) in [4.78, 5) is 33.9. The molecular weight excluding hydrogens is 242 g/mol. The highest BCUT2D eigenvalue weighted by Gasteiger charge is 2.55. The quantitative estimate of drug-likeness (QED) is 0.496. The first-order valence-corrected chi connectivity index (χ1v) is 5.47. The summed E-state index contributed by atoms with van der Waals surface area (Å²) in [6.45, 7) is 5.06. The van der Waals surface area contributed by atoms with Gasteiger partial charge in [0.05, 0.1) is 13.0 Å². The number of hydrogen-bond acceptors (Lipinski definition) is 6. The summed E-state index contributed by atoms with van der Waals surface area (Å²) in [6, 6.07) is 0. The van der Waals surface area contributed by atoms with E-state index in [-0.39, 0.29) is 13.0 Å². The number of carbonyl (C=O) groups excluding carboxylic acids is 3. The normalized spacial score (nSPS) is 26.3. The zero-order valence-corrected chi connectivity index (χ0v) is 9.97. The standard InChI is InChI=1S/C11H15NO6/c1-3-5-17-10(15)11(16)7(6-8(13)12-11)18-9(14)4-2/h4,7,16H,2-3,5-6H2,1H3,(H,12,13)/t7?,11-/m1/s1. The average molecular weight is 257 g/mol. The van der Waals surface area contributed by atoms with Crippen molar-refractivity contribution in [2.75, 3.05) is 6.61 Å². The molecule has 1 heterocycles. The van der Waals surface area contributed by atoms with E-state index in [1.165, 1.54) is 0 Å². The molecule has 18 heavy (non-hydrogen) atoms. The SMILES string of the molecule is C=CC(=O)OC1CC(=O)N[C@]1(O)C(=O)OCCC. The summed E-state index contributed by atoms with van der Waals surface area (Å²) in [5.74, 6) is -2.48. The molecule has 0 aliphatic carbocycles. The first-order chi connectivity index (χ1) is 8.43. The molecule has 0 aromatic heterocycles. The van der Waals surface area contributed by atoms with Gasteiger partial charge in [0.25, 0.3) is 5.72 Å². The third-order valence-corrected chi connectivity index (χ3v) is 2.34. The number of amides is 1. The van der Waals surface area contributed by atoms with Gasteiger partial charge in [0, 0.05) is 6.08 Å². The molecule has 1 rings (SSSR count). The van der Waals surface area contributed by atoms with E-state index in [1.54, 1.807) is 6.92 Å². The topological polar surface area (TPSA) is 102 Å². The summed E-state index contributed by atoms with van der Waals surface area (Å²) >= 11 is 0. The zero-order chi connectivity index (χ0) is 13.8. The molecule has 7 nitrogen and oxygen atoms in total. The minimum absolute atomic E-state index is 0.0964. The van der Waals surface area contributed by atoms with Gasteiger partial charge < -0.3 is 19.9 Å². The Balaban J connectivity index is 2.80. The lowest BCUT2D eigenvalue weighted by Gasteiger charge is -2.26. The lowest BCUT2D eigenvalue weighted by molar-refractivity contribution is -0.185. The van der Waals surface area contributed by atoms with E-state index in [2.05, 4.69) is 6.58 Å². The van der Waals surface area contributed by atoms with Crippen molar-refractivity contribution < 1.29 is 29.0 Å². The highest BCUT2D eigenvalue weighted by molar-refractivity contribution is 5.92. The van der Waals surface area contributed by atoms with Crippen LogP contribution in [0.4, 0.5) is 0 Å². The molecule has 0 aromatic carbocycles. The molecule has 1 aliphatic heterocycles. The molecule has 2 N–H and O–H groups in total. The largest absolute Gasteiger partial charge is 0.462 e. The molecule has 7 heteroatoms. The van der Waals surface area contributed by atoms with E-state index in [4.69, 9.17) is 9.47 Å². The number of rotatable bonds is 5.